The molecule has 0 bridgehead atoms. The molecule has 1 N–H and O–H groups in total. The fourth-order valence-electron chi connectivity index (χ4n) is 2.57. The average Bonchev–Trinajstić information content (AvgIpc) is 2.62. The summed E-state index contributed by atoms with van der Waals surface area (Å²) in [5.41, 5.74) is 0. The predicted octanol–water partition coefficient (Wildman–Crippen LogP) is 1.99. The van der Waals surface area contributed by atoms with Gasteiger partial charge in [0.1, 0.15) is 0 Å². The Balaban J connectivity index is 2.66. The maximum Gasteiger partial charge on any atom is 0.241 e. The van der Waals surface area contributed by atoms with Crippen LogP contribution in [-0.4, -0.2) is 42.3 Å². The van der Waals surface area contributed by atoms with E-state index in [1.165, 1.54) is 0 Å². The molecule has 1 fully saturated rings. The Hall–Kier alpha value is -0.610. The van der Waals surface area contributed by atoms with Gasteiger partial charge in [-0.25, -0.2) is 0 Å². The van der Waals surface area contributed by atoms with Crippen molar-refractivity contribution in [2.24, 2.45) is 5.92 Å². The first-order valence-electron chi connectivity index (χ1n) is 7.17. The minimum absolute atomic E-state index is 0.0148. The van der Waals surface area contributed by atoms with Gasteiger partial charge < -0.3 is 9.64 Å². The van der Waals surface area contributed by atoms with Crippen LogP contribution in [0.1, 0.15) is 47.5 Å². The van der Waals surface area contributed by atoms with E-state index < -0.39 is 0 Å². The largest absolute Gasteiger partial charge is 0.380 e. The van der Waals surface area contributed by atoms with E-state index in [1.54, 1.807) is 0 Å². The van der Waals surface area contributed by atoms with Crippen molar-refractivity contribution in [1.82, 2.24) is 10.2 Å². The third-order valence-electron chi connectivity index (χ3n) is 3.41. The lowest BCUT2D eigenvalue weighted by Gasteiger charge is -2.29. The van der Waals surface area contributed by atoms with Crippen LogP contribution in [0.25, 0.3) is 0 Å². The van der Waals surface area contributed by atoms with Crippen LogP contribution in [0.4, 0.5) is 0 Å². The van der Waals surface area contributed by atoms with Gasteiger partial charge in [-0.05, 0) is 32.6 Å². The van der Waals surface area contributed by atoms with E-state index in [0.29, 0.717) is 19.1 Å². The van der Waals surface area contributed by atoms with Crippen molar-refractivity contribution in [3.8, 4) is 0 Å². The summed E-state index contributed by atoms with van der Waals surface area (Å²) < 4.78 is 5.44. The van der Waals surface area contributed by atoms with E-state index in [9.17, 15) is 4.79 Å². The van der Waals surface area contributed by atoms with Gasteiger partial charge in [-0.15, -0.1) is 0 Å². The topological polar surface area (TPSA) is 41.6 Å². The highest BCUT2D eigenvalue weighted by molar-refractivity contribution is 5.84. The van der Waals surface area contributed by atoms with Crippen molar-refractivity contribution >= 4 is 5.91 Å². The summed E-state index contributed by atoms with van der Waals surface area (Å²) in [6.45, 7) is 11.8. The normalized spacial score (nSPS) is 26.1. The Morgan fingerprint density at radius 3 is 2.50 bits per heavy atom. The molecule has 1 aliphatic heterocycles. The van der Waals surface area contributed by atoms with E-state index in [1.807, 2.05) is 11.8 Å². The summed E-state index contributed by atoms with van der Waals surface area (Å²) in [5, 5.41) is 3.45. The van der Waals surface area contributed by atoms with Crippen molar-refractivity contribution in [1.29, 1.82) is 0 Å². The molecule has 1 aliphatic rings. The molecule has 4 nitrogen and oxygen atoms in total. The van der Waals surface area contributed by atoms with Gasteiger partial charge in [0, 0.05) is 6.61 Å². The Morgan fingerprint density at radius 1 is 1.33 bits per heavy atom. The number of amides is 1. The van der Waals surface area contributed by atoms with Crippen LogP contribution >= 0.6 is 0 Å². The first-order chi connectivity index (χ1) is 8.51. The number of hydrogen-bond acceptors (Lipinski definition) is 3. The second kappa shape index (κ2) is 7.10. The summed E-state index contributed by atoms with van der Waals surface area (Å²) in [4.78, 5) is 14.4. The van der Waals surface area contributed by atoms with Crippen molar-refractivity contribution < 1.29 is 9.53 Å². The van der Waals surface area contributed by atoms with Gasteiger partial charge in [-0.3, -0.25) is 10.1 Å². The predicted molar refractivity (Wildman–Crippen MR) is 73.3 cm³/mol. The van der Waals surface area contributed by atoms with Gasteiger partial charge in [-0.1, -0.05) is 20.8 Å². The average molecular weight is 256 g/mol. The Labute approximate surface area is 111 Å². The Kier molecular flexibility index (Phi) is 6.09. The smallest absolute Gasteiger partial charge is 0.241 e. The minimum Gasteiger partial charge on any atom is -0.380 e. The van der Waals surface area contributed by atoms with E-state index >= 15 is 0 Å². The third kappa shape index (κ3) is 3.69. The number of ether oxygens (including phenoxy) is 1. The zero-order chi connectivity index (χ0) is 13.7. The van der Waals surface area contributed by atoms with Crippen molar-refractivity contribution in [3.05, 3.63) is 0 Å². The van der Waals surface area contributed by atoms with E-state index in [0.717, 1.165) is 12.8 Å². The SMILES string of the molecule is CCOCC(C)N1C(=O)C(CC(C)C)NC1CC. The fourth-order valence-corrected chi connectivity index (χ4v) is 2.57. The van der Waals surface area contributed by atoms with Crippen molar-refractivity contribution in [2.45, 2.75) is 65.7 Å². The van der Waals surface area contributed by atoms with Crippen LogP contribution in [-0.2, 0) is 9.53 Å². The van der Waals surface area contributed by atoms with Crippen LogP contribution < -0.4 is 5.32 Å². The molecule has 106 valence electrons. The number of carbonyl (C=O) groups is 1. The molecule has 1 amide bonds. The molecule has 3 atom stereocenters. The lowest BCUT2D eigenvalue weighted by Crippen LogP contribution is -2.45. The first-order valence-corrected chi connectivity index (χ1v) is 7.17. The second-order valence-corrected chi connectivity index (χ2v) is 5.53. The molecule has 0 saturated carbocycles. The van der Waals surface area contributed by atoms with Gasteiger partial charge in [0.15, 0.2) is 0 Å². The summed E-state index contributed by atoms with van der Waals surface area (Å²) >= 11 is 0. The molecule has 1 saturated heterocycles. The molecule has 0 aromatic rings. The third-order valence-corrected chi connectivity index (χ3v) is 3.41. The molecular formula is C14H28N2O2. The number of hydrogen-bond donors (Lipinski definition) is 1. The molecule has 0 aromatic heterocycles. The summed E-state index contributed by atoms with van der Waals surface area (Å²) in [6.07, 6.45) is 2.01. The number of nitrogens with zero attached hydrogens (tertiary/aromatic N) is 1. The standard InChI is InChI=1S/C14H28N2O2/c1-6-13-15-12(8-10(3)4)14(17)16(13)11(5)9-18-7-2/h10-13,15H,6-9H2,1-5H3. The molecule has 4 heteroatoms. The van der Waals surface area contributed by atoms with Crippen LogP contribution in [0.15, 0.2) is 0 Å². The summed E-state index contributed by atoms with van der Waals surface area (Å²) in [6, 6.07) is 0.131. The van der Waals surface area contributed by atoms with Crippen LogP contribution in [0, 0.1) is 5.92 Å². The highest BCUT2D eigenvalue weighted by Gasteiger charge is 2.40. The molecule has 0 aromatic carbocycles. The van der Waals surface area contributed by atoms with Gasteiger partial charge in [0.05, 0.1) is 24.9 Å². The zero-order valence-electron chi connectivity index (χ0n) is 12.4. The Morgan fingerprint density at radius 2 is 2.00 bits per heavy atom. The highest BCUT2D eigenvalue weighted by Crippen LogP contribution is 2.21. The highest BCUT2D eigenvalue weighted by atomic mass is 16.5. The van der Waals surface area contributed by atoms with E-state index in [2.05, 4.69) is 33.0 Å². The van der Waals surface area contributed by atoms with E-state index in [4.69, 9.17) is 4.74 Å². The van der Waals surface area contributed by atoms with Crippen LogP contribution in [0.2, 0.25) is 0 Å². The molecule has 1 heterocycles. The lowest BCUT2D eigenvalue weighted by molar-refractivity contribution is -0.133. The number of rotatable bonds is 7. The van der Waals surface area contributed by atoms with Gasteiger partial charge >= 0.3 is 0 Å². The molecule has 3 unspecified atom stereocenters. The van der Waals surface area contributed by atoms with Gasteiger partial charge in [-0.2, -0.15) is 0 Å². The molecule has 1 rings (SSSR count). The van der Waals surface area contributed by atoms with Crippen molar-refractivity contribution in [3.63, 3.8) is 0 Å². The maximum atomic E-state index is 12.4. The first kappa shape index (κ1) is 15.4. The van der Waals surface area contributed by atoms with Crippen LogP contribution in [0.3, 0.4) is 0 Å². The molecule has 0 spiro atoms. The lowest BCUT2D eigenvalue weighted by atomic mass is 10.0. The molecule has 18 heavy (non-hydrogen) atoms. The molecule has 0 aliphatic carbocycles. The minimum atomic E-state index is -0.0148. The molecular weight excluding hydrogens is 228 g/mol. The number of nitrogens with one attached hydrogen (secondary N) is 1. The fraction of sp³-hybridized carbons (Fsp3) is 0.929. The number of carbonyl (C=O) groups excluding carboxylic acids is 1. The molecule has 0 radical (unpaired) electrons. The van der Waals surface area contributed by atoms with Gasteiger partial charge in [0.25, 0.3) is 0 Å². The quantitative estimate of drug-likeness (QED) is 0.757. The monoisotopic (exact) mass is 256 g/mol. The van der Waals surface area contributed by atoms with Crippen LogP contribution in [0.5, 0.6) is 0 Å². The zero-order valence-corrected chi connectivity index (χ0v) is 12.4. The summed E-state index contributed by atoms with van der Waals surface area (Å²) in [7, 11) is 0. The van der Waals surface area contributed by atoms with E-state index in [-0.39, 0.29) is 24.2 Å². The second-order valence-electron chi connectivity index (χ2n) is 5.53. The van der Waals surface area contributed by atoms with Gasteiger partial charge in [0.2, 0.25) is 5.91 Å². The van der Waals surface area contributed by atoms with Crippen molar-refractivity contribution in [2.75, 3.05) is 13.2 Å². The Bertz CT molecular complexity index is 269. The summed E-state index contributed by atoms with van der Waals surface area (Å²) in [5.74, 6) is 0.772. The maximum absolute atomic E-state index is 12.4.